The fraction of sp³-hybridized carbons (Fsp3) is 0.143. The van der Waals surface area contributed by atoms with E-state index in [1.165, 1.54) is 7.11 Å². The van der Waals surface area contributed by atoms with Crippen molar-refractivity contribution in [1.82, 2.24) is 0 Å². The van der Waals surface area contributed by atoms with Crippen molar-refractivity contribution in [3.8, 4) is 17.6 Å². The maximum Gasteiger partial charge on any atom is 0.265 e. The van der Waals surface area contributed by atoms with Gasteiger partial charge in [-0.25, -0.2) is 0 Å². The Kier molecular flexibility index (Phi) is 5.04. The van der Waals surface area contributed by atoms with Gasteiger partial charge < -0.3 is 14.8 Å². The normalized spacial score (nSPS) is 11.4. The number of carbonyl (C=O) groups excluding carboxylic acids is 1. The van der Waals surface area contributed by atoms with Crippen LogP contribution >= 0.6 is 0 Å². The molecule has 0 saturated carbocycles. The van der Waals surface area contributed by atoms with Crippen molar-refractivity contribution in [2.75, 3.05) is 12.4 Å². The number of amides is 1. The van der Waals surface area contributed by atoms with Crippen LogP contribution in [0, 0.1) is 11.3 Å². The third-order valence-corrected chi connectivity index (χ3v) is 4.01. The predicted molar refractivity (Wildman–Crippen MR) is 100 cm³/mol. The number of carbonyl (C=O) groups is 1. The SMILES string of the molecule is COc1cc(C#N)ccc1OC(C)C(=O)Nc1cccc2ccccc12. The number of benzene rings is 3. The molecule has 0 bridgehead atoms. The van der Waals surface area contributed by atoms with Crippen LogP contribution in [0.15, 0.2) is 60.7 Å². The van der Waals surface area contributed by atoms with E-state index in [1.54, 1.807) is 25.1 Å². The molecule has 1 unspecified atom stereocenters. The molecule has 1 atom stereocenters. The molecular weight excluding hydrogens is 328 g/mol. The zero-order valence-electron chi connectivity index (χ0n) is 14.5. The van der Waals surface area contributed by atoms with Gasteiger partial charge in [-0.15, -0.1) is 0 Å². The number of nitrogens with one attached hydrogen (secondary N) is 1. The zero-order chi connectivity index (χ0) is 18.5. The fourth-order valence-corrected chi connectivity index (χ4v) is 2.65. The van der Waals surface area contributed by atoms with E-state index in [-0.39, 0.29) is 5.91 Å². The Morgan fingerprint density at radius 1 is 1.08 bits per heavy atom. The Labute approximate surface area is 151 Å². The highest BCUT2D eigenvalue weighted by atomic mass is 16.5. The predicted octanol–water partition coefficient (Wildman–Crippen LogP) is 4.13. The Hall–Kier alpha value is -3.52. The van der Waals surface area contributed by atoms with Crippen LogP contribution in [0.25, 0.3) is 10.8 Å². The smallest absolute Gasteiger partial charge is 0.265 e. The molecule has 5 heteroatoms. The maximum absolute atomic E-state index is 12.6. The van der Waals surface area contributed by atoms with Gasteiger partial charge in [-0.3, -0.25) is 4.79 Å². The summed E-state index contributed by atoms with van der Waals surface area (Å²) in [5.74, 6) is 0.550. The number of hydrogen-bond acceptors (Lipinski definition) is 4. The van der Waals surface area contributed by atoms with Gasteiger partial charge >= 0.3 is 0 Å². The largest absolute Gasteiger partial charge is 0.493 e. The Balaban J connectivity index is 1.77. The third kappa shape index (κ3) is 3.60. The van der Waals surface area contributed by atoms with E-state index in [4.69, 9.17) is 14.7 Å². The first-order chi connectivity index (χ1) is 12.6. The summed E-state index contributed by atoms with van der Waals surface area (Å²) < 4.78 is 11.0. The molecule has 0 saturated heterocycles. The van der Waals surface area contributed by atoms with Crippen LogP contribution in [0.5, 0.6) is 11.5 Å². The summed E-state index contributed by atoms with van der Waals surface area (Å²) in [5, 5.41) is 13.9. The van der Waals surface area contributed by atoms with Gasteiger partial charge in [0, 0.05) is 17.1 Å². The second-order valence-corrected chi connectivity index (χ2v) is 5.75. The van der Waals surface area contributed by atoms with Gasteiger partial charge in [0.2, 0.25) is 0 Å². The topological polar surface area (TPSA) is 71.3 Å². The molecule has 0 radical (unpaired) electrons. The van der Waals surface area contributed by atoms with E-state index in [9.17, 15) is 4.79 Å². The molecule has 0 aliphatic carbocycles. The molecule has 0 aliphatic heterocycles. The molecule has 1 N–H and O–H groups in total. The summed E-state index contributed by atoms with van der Waals surface area (Å²) in [6.07, 6.45) is -0.740. The first kappa shape index (κ1) is 17.3. The molecule has 5 nitrogen and oxygen atoms in total. The van der Waals surface area contributed by atoms with Crippen molar-refractivity contribution >= 4 is 22.4 Å². The highest BCUT2D eigenvalue weighted by Crippen LogP contribution is 2.29. The summed E-state index contributed by atoms with van der Waals surface area (Å²) >= 11 is 0. The minimum absolute atomic E-state index is 0.271. The van der Waals surface area contributed by atoms with Gasteiger partial charge in [0.1, 0.15) is 0 Å². The number of ether oxygens (including phenoxy) is 2. The summed E-state index contributed by atoms with van der Waals surface area (Å²) in [7, 11) is 1.49. The molecule has 0 aromatic heterocycles. The van der Waals surface area contributed by atoms with Crippen molar-refractivity contribution in [2.24, 2.45) is 0 Å². The van der Waals surface area contributed by atoms with Crippen molar-refractivity contribution in [3.63, 3.8) is 0 Å². The molecule has 3 rings (SSSR count). The molecule has 130 valence electrons. The summed E-state index contributed by atoms with van der Waals surface area (Å²) in [6.45, 7) is 1.66. The van der Waals surface area contributed by atoms with Gasteiger partial charge in [0.05, 0.1) is 18.7 Å². The summed E-state index contributed by atoms with van der Waals surface area (Å²) in [6, 6.07) is 20.4. The minimum Gasteiger partial charge on any atom is -0.493 e. The van der Waals surface area contributed by atoms with Crippen molar-refractivity contribution < 1.29 is 14.3 Å². The zero-order valence-corrected chi connectivity index (χ0v) is 14.5. The van der Waals surface area contributed by atoms with Gasteiger partial charge in [0.25, 0.3) is 5.91 Å². The minimum atomic E-state index is -0.740. The van der Waals surface area contributed by atoms with E-state index >= 15 is 0 Å². The quantitative estimate of drug-likeness (QED) is 0.754. The number of rotatable bonds is 5. The number of anilines is 1. The number of fused-ring (bicyclic) bond motifs is 1. The third-order valence-electron chi connectivity index (χ3n) is 4.01. The average Bonchev–Trinajstić information content (AvgIpc) is 2.68. The molecular formula is C21H18N2O3. The van der Waals surface area contributed by atoms with Crippen LogP contribution in [0.2, 0.25) is 0 Å². The molecule has 0 spiro atoms. The van der Waals surface area contributed by atoms with E-state index in [1.807, 2.05) is 48.5 Å². The van der Waals surface area contributed by atoms with Crippen LogP contribution in [0.3, 0.4) is 0 Å². The van der Waals surface area contributed by atoms with Crippen LogP contribution in [0.4, 0.5) is 5.69 Å². The maximum atomic E-state index is 12.6. The lowest BCUT2D eigenvalue weighted by atomic mass is 10.1. The van der Waals surface area contributed by atoms with Crippen molar-refractivity contribution in [3.05, 3.63) is 66.2 Å². The lowest BCUT2D eigenvalue weighted by Gasteiger charge is -2.17. The first-order valence-electron chi connectivity index (χ1n) is 8.16. The van der Waals surface area contributed by atoms with Crippen molar-refractivity contribution in [1.29, 1.82) is 5.26 Å². The van der Waals surface area contributed by atoms with Crippen molar-refractivity contribution in [2.45, 2.75) is 13.0 Å². The second-order valence-electron chi connectivity index (χ2n) is 5.75. The van der Waals surface area contributed by atoms with Crippen LogP contribution in [-0.2, 0) is 4.79 Å². The molecule has 26 heavy (non-hydrogen) atoms. The Morgan fingerprint density at radius 3 is 2.62 bits per heavy atom. The second kappa shape index (κ2) is 7.58. The molecule has 0 heterocycles. The van der Waals surface area contributed by atoms with Gasteiger partial charge in [-0.1, -0.05) is 36.4 Å². The van der Waals surface area contributed by atoms with E-state index in [0.29, 0.717) is 17.1 Å². The van der Waals surface area contributed by atoms with E-state index < -0.39 is 6.10 Å². The number of hydrogen-bond donors (Lipinski definition) is 1. The lowest BCUT2D eigenvalue weighted by Crippen LogP contribution is -2.30. The van der Waals surface area contributed by atoms with Gasteiger partial charge in [-0.2, -0.15) is 5.26 Å². The van der Waals surface area contributed by atoms with E-state index in [2.05, 4.69) is 5.32 Å². The highest BCUT2D eigenvalue weighted by molar-refractivity contribution is 6.03. The first-order valence-corrected chi connectivity index (χ1v) is 8.16. The fourth-order valence-electron chi connectivity index (χ4n) is 2.65. The Morgan fingerprint density at radius 2 is 1.85 bits per heavy atom. The van der Waals surface area contributed by atoms with E-state index in [0.717, 1.165) is 16.5 Å². The number of methoxy groups -OCH3 is 1. The lowest BCUT2D eigenvalue weighted by molar-refractivity contribution is -0.122. The number of nitriles is 1. The molecule has 1 amide bonds. The monoisotopic (exact) mass is 346 g/mol. The van der Waals surface area contributed by atoms with Crippen LogP contribution in [-0.4, -0.2) is 19.1 Å². The van der Waals surface area contributed by atoms with Crippen LogP contribution in [0.1, 0.15) is 12.5 Å². The van der Waals surface area contributed by atoms with Gasteiger partial charge in [0.15, 0.2) is 17.6 Å². The molecule has 3 aromatic rings. The average molecular weight is 346 g/mol. The highest BCUT2D eigenvalue weighted by Gasteiger charge is 2.18. The summed E-state index contributed by atoms with van der Waals surface area (Å²) in [4.78, 5) is 12.6. The van der Waals surface area contributed by atoms with Crippen LogP contribution < -0.4 is 14.8 Å². The molecule has 3 aromatic carbocycles. The van der Waals surface area contributed by atoms with Gasteiger partial charge in [-0.05, 0) is 30.5 Å². The summed E-state index contributed by atoms with van der Waals surface area (Å²) in [5.41, 5.74) is 1.19. The molecule has 0 fully saturated rings. The number of nitrogens with zero attached hydrogens (tertiary/aromatic N) is 1. The molecule has 0 aliphatic rings. The Bertz CT molecular complexity index is 987. The standard InChI is InChI=1S/C21H18N2O3/c1-14(26-19-11-10-15(13-22)12-20(19)25-2)21(24)23-18-9-5-7-16-6-3-4-8-17(16)18/h3-12,14H,1-2H3,(H,23,24).